The van der Waals surface area contributed by atoms with E-state index in [1.54, 1.807) is 0 Å². The molecule has 0 aromatic rings. The molecule has 0 saturated carbocycles. The van der Waals surface area contributed by atoms with E-state index in [9.17, 15) is 0 Å². The quantitative estimate of drug-likeness (QED) is 0.337. The third-order valence-electron chi connectivity index (χ3n) is 3.34. The Hall–Kier alpha value is 0.774. The largest absolute Gasteiger partial charge is 3.00 e. The molecule has 0 fully saturated rings. The zero-order valence-electron chi connectivity index (χ0n) is 9.46. The Morgan fingerprint density at radius 1 is 0.857 bits per heavy atom. The van der Waals surface area contributed by atoms with E-state index >= 15 is 0 Å². The molecule has 1 rings (SSSR count). The van der Waals surface area contributed by atoms with E-state index in [2.05, 4.69) is 41.5 Å². The summed E-state index contributed by atoms with van der Waals surface area (Å²) in [7, 11) is 0. The minimum atomic E-state index is 0. The summed E-state index contributed by atoms with van der Waals surface area (Å²) in [4.78, 5) is 0. The van der Waals surface area contributed by atoms with Gasteiger partial charge in [-0.2, -0.15) is 0 Å². The van der Waals surface area contributed by atoms with E-state index in [4.69, 9.17) is 0 Å². The third-order valence-corrected chi connectivity index (χ3v) is 3.34. The van der Waals surface area contributed by atoms with Crippen molar-refractivity contribution in [3.63, 3.8) is 0 Å². The molecule has 0 aliphatic heterocycles. The Bertz CT molecular complexity index is 236. The summed E-state index contributed by atoms with van der Waals surface area (Å²) < 4.78 is 0. The van der Waals surface area contributed by atoms with Crippen LogP contribution in [0.3, 0.4) is 0 Å². The predicted octanol–water partition coefficient (Wildman–Crippen LogP) is -2.48. The van der Waals surface area contributed by atoms with Crippen LogP contribution in [0.5, 0.6) is 0 Å². The second-order valence-corrected chi connectivity index (χ2v) is 3.83. The van der Waals surface area contributed by atoms with Gasteiger partial charge < -0.3 is 31.7 Å². The van der Waals surface area contributed by atoms with Crippen LogP contribution in [0.25, 0.3) is 0 Å². The molecule has 0 nitrogen and oxygen atoms in total. The zero-order chi connectivity index (χ0) is 8.81. The van der Waals surface area contributed by atoms with Crippen LogP contribution in [0.2, 0.25) is 0 Å². The molecule has 0 aromatic carbocycles. The van der Waals surface area contributed by atoms with Gasteiger partial charge in [0.05, 0.1) is 0 Å². The molecule has 0 spiro atoms. The van der Waals surface area contributed by atoms with Gasteiger partial charge in [0, 0.05) is 0 Å². The van der Waals surface area contributed by atoms with E-state index in [0.29, 0.717) is 0 Å². The molecule has 1 aliphatic carbocycles. The first-order chi connectivity index (χ1) is 4.89. The number of allylic oxidation sites excluding steroid dienone is 4. The van der Waals surface area contributed by atoms with Gasteiger partial charge in [-0.05, 0) is 27.7 Å². The maximum Gasteiger partial charge on any atom is 3.00 e. The first-order valence-corrected chi connectivity index (χ1v) is 4.10. The van der Waals surface area contributed by atoms with Crippen molar-refractivity contribution in [3.05, 3.63) is 29.2 Å². The maximum atomic E-state index is 4.22. The van der Waals surface area contributed by atoms with E-state index in [0.717, 1.165) is 0 Å². The third kappa shape index (κ3) is 2.89. The smallest absolute Gasteiger partial charge is 1.00 e. The second kappa shape index (κ2) is 6.38. The molecule has 79 valence electrons. The van der Waals surface area contributed by atoms with Gasteiger partial charge in [0.15, 0.2) is 0 Å². The fraction of sp³-hybridized carbons (Fsp3) is 0.545. The van der Waals surface area contributed by atoms with E-state index in [-0.39, 0.29) is 51.9 Å². The molecule has 3 heteroatoms. The number of halogens is 2. The van der Waals surface area contributed by atoms with Crippen molar-refractivity contribution in [2.45, 2.75) is 34.6 Å². The topological polar surface area (TPSA) is 0 Å². The molecular weight excluding hydrogens is 251 g/mol. The Labute approximate surface area is 115 Å². The summed E-state index contributed by atoms with van der Waals surface area (Å²) in [5.74, 6) is 0. The van der Waals surface area contributed by atoms with Gasteiger partial charge in [0.2, 0.25) is 0 Å². The van der Waals surface area contributed by atoms with Crippen molar-refractivity contribution in [1.29, 1.82) is 0 Å². The predicted molar refractivity (Wildman–Crippen MR) is 50.2 cm³/mol. The average Bonchev–Trinajstić information content (AvgIpc) is 2.06. The summed E-state index contributed by atoms with van der Waals surface area (Å²) in [5.41, 5.74) is 5.77. The first-order valence-electron chi connectivity index (χ1n) is 4.10. The van der Waals surface area contributed by atoms with Crippen LogP contribution in [-0.2, 0) is 21.7 Å². The fourth-order valence-corrected chi connectivity index (χ4v) is 1.67. The van der Waals surface area contributed by atoms with Gasteiger partial charge in [-0.3, -0.25) is 0 Å². The summed E-state index contributed by atoms with van der Waals surface area (Å²) in [6, 6.07) is 0. The van der Waals surface area contributed by atoms with Crippen molar-refractivity contribution < 1.29 is 46.5 Å². The summed E-state index contributed by atoms with van der Waals surface area (Å²) in [6.45, 7) is 15.1. The molecule has 0 saturated heterocycles. The van der Waals surface area contributed by atoms with Gasteiger partial charge in [-0.15, -0.1) is 5.41 Å². The zero-order valence-corrected chi connectivity index (χ0v) is 12.5. The average molecular weight is 268 g/mol. The first kappa shape index (κ1) is 20.2. The molecule has 0 bridgehead atoms. The van der Waals surface area contributed by atoms with E-state index < -0.39 is 0 Å². The standard InChI is InChI=1S/C11H17.2ClH.Ti/c1-7-8(2)10(4)11(5,6)9(7)3;;;/h5H2,1-4,6H3;2*1H;/q-1;;;+3/p-2. The van der Waals surface area contributed by atoms with Crippen molar-refractivity contribution >= 4 is 0 Å². The van der Waals surface area contributed by atoms with Crippen LogP contribution in [0, 0.1) is 12.3 Å². The number of hydrogen-bond donors (Lipinski definition) is 0. The van der Waals surface area contributed by atoms with Crippen LogP contribution >= 0.6 is 0 Å². The summed E-state index contributed by atoms with van der Waals surface area (Å²) >= 11 is 0. The molecule has 0 aromatic heterocycles. The van der Waals surface area contributed by atoms with Gasteiger partial charge in [0.1, 0.15) is 0 Å². The van der Waals surface area contributed by atoms with Crippen LogP contribution < -0.4 is 24.8 Å². The van der Waals surface area contributed by atoms with Gasteiger partial charge in [-0.25, -0.2) is 0 Å². The minimum absolute atomic E-state index is 0. The van der Waals surface area contributed by atoms with Gasteiger partial charge >= 0.3 is 21.7 Å². The number of rotatable bonds is 0. The Morgan fingerprint density at radius 2 is 1.07 bits per heavy atom. The molecule has 0 N–H and O–H groups in total. The van der Waals surface area contributed by atoms with Gasteiger partial charge in [0.25, 0.3) is 0 Å². The Morgan fingerprint density at radius 3 is 1.14 bits per heavy atom. The SMILES string of the molecule is [CH2-]C1(C)C(C)=C(C)C(C)=C1C.[Cl-].[Cl-].[Ti+3]. The van der Waals surface area contributed by atoms with E-state index in [1.165, 1.54) is 22.3 Å². The fourth-order valence-electron chi connectivity index (χ4n) is 1.67. The molecule has 1 aliphatic rings. The summed E-state index contributed by atoms with van der Waals surface area (Å²) in [6.07, 6.45) is 0. The molecule has 0 heterocycles. The molecule has 14 heavy (non-hydrogen) atoms. The summed E-state index contributed by atoms with van der Waals surface area (Å²) in [5, 5.41) is 0. The molecule has 0 unspecified atom stereocenters. The Balaban J connectivity index is -0.000000403. The van der Waals surface area contributed by atoms with Gasteiger partial charge in [-0.1, -0.05) is 29.2 Å². The second-order valence-electron chi connectivity index (χ2n) is 3.83. The van der Waals surface area contributed by atoms with Crippen molar-refractivity contribution in [2.75, 3.05) is 0 Å². The molecule has 0 atom stereocenters. The van der Waals surface area contributed by atoms with Crippen LogP contribution in [0.15, 0.2) is 22.3 Å². The van der Waals surface area contributed by atoms with E-state index in [1.807, 2.05) is 0 Å². The maximum absolute atomic E-state index is 4.22. The Kier molecular flexibility index (Phi) is 9.21. The normalized spacial score (nSPS) is 18.4. The number of hydrogen-bond acceptors (Lipinski definition) is 0. The monoisotopic (exact) mass is 267 g/mol. The molecule has 0 amide bonds. The van der Waals surface area contributed by atoms with Crippen LogP contribution in [0.4, 0.5) is 0 Å². The van der Waals surface area contributed by atoms with Crippen molar-refractivity contribution in [1.82, 2.24) is 0 Å². The van der Waals surface area contributed by atoms with Crippen LogP contribution in [0.1, 0.15) is 34.6 Å². The van der Waals surface area contributed by atoms with Crippen LogP contribution in [-0.4, -0.2) is 0 Å². The minimum Gasteiger partial charge on any atom is -1.00 e. The van der Waals surface area contributed by atoms with Crippen molar-refractivity contribution in [3.8, 4) is 0 Å². The molecular formula is C11H17Cl2Ti. The van der Waals surface area contributed by atoms with Crippen molar-refractivity contribution in [2.24, 2.45) is 5.41 Å². The molecule has 1 radical (unpaired) electrons.